The van der Waals surface area contributed by atoms with Gasteiger partial charge in [-0.05, 0) is 52.2 Å². The van der Waals surface area contributed by atoms with Crippen LogP contribution in [0.25, 0.3) is 0 Å². The Bertz CT molecular complexity index is 973. The van der Waals surface area contributed by atoms with Gasteiger partial charge in [-0.2, -0.15) is 0 Å². The minimum atomic E-state index is -0.196. The molecule has 0 fully saturated rings. The summed E-state index contributed by atoms with van der Waals surface area (Å²) in [6, 6.07) is 24.4. The van der Waals surface area contributed by atoms with Crippen molar-refractivity contribution in [3.63, 3.8) is 0 Å². The van der Waals surface area contributed by atoms with Gasteiger partial charge in [0.2, 0.25) is 0 Å². The molecule has 2 amide bonds. The van der Waals surface area contributed by atoms with Gasteiger partial charge in [-0.3, -0.25) is 9.59 Å². The molecular formula is C23H21BrN2O2. The van der Waals surface area contributed by atoms with Crippen molar-refractivity contribution in [1.82, 2.24) is 5.32 Å². The third-order valence-corrected chi connectivity index (χ3v) is 5.15. The van der Waals surface area contributed by atoms with E-state index in [1.54, 1.807) is 31.3 Å². The molecule has 0 aromatic heterocycles. The fourth-order valence-electron chi connectivity index (χ4n) is 2.94. The number of carbonyl (C=O) groups is 2. The molecular weight excluding hydrogens is 416 g/mol. The van der Waals surface area contributed by atoms with Crippen LogP contribution < -0.4 is 10.2 Å². The minimum absolute atomic E-state index is 0.183. The van der Waals surface area contributed by atoms with E-state index in [0.29, 0.717) is 23.4 Å². The average Bonchev–Trinajstić information content (AvgIpc) is 2.74. The predicted molar refractivity (Wildman–Crippen MR) is 116 cm³/mol. The molecule has 5 heteroatoms. The van der Waals surface area contributed by atoms with Gasteiger partial charge in [0.25, 0.3) is 11.8 Å². The molecule has 0 heterocycles. The molecule has 3 rings (SSSR count). The SMILES string of the molecule is CN(C(=O)c1ccccc1Br)c1ccccc1C(=O)NCCc1ccccc1. The Morgan fingerprint density at radius 1 is 0.857 bits per heavy atom. The molecule has 3 aromatic carbocycles. The first-order chi connectivity index (χ1) is 13.6. The van der Waals surface area contributed by atoms with Gasteiger partial charge in [0.15, 0.2) is 0 Å². The summed E-state index contributed by atoms with van der Waals surface area (Å²) in [5.74, 6) is -0.379. The van der Waals surface area contributed by atoms with E-state index in [-0.39, 0.29) is 11.8 Å². The Balaban J connectivity index is 1.74. The second-order valence-corrected chi connectivity index (χ2v) is 7.21. The van der Waals surface area contributed by atoms with Gasteiger partial charge in [-0.25, -0.2) is 0 Å². The Morgan fingerprint density at radius 3 is 2.18 bits per heavy atom. The summed E-state index contributed by atoms with van der Waals surface area (Å²) >= 11 is 3.41. The Labute approximate surface area is 173 Å². The van der Waals surface area contributed by atoms with Gasteiger partial charge < -0.3 is 10.2 Å². The topological polar surface area (TPSA) is 49.4 Å². The number of nitrogens with one attached hydrogen (secondary N) is 1. The molecule has 28 heavy (non-hydrogen) atoms. The number of benzene rings is 3. The number of hydrogen-bond acceptors (Lipinski definition) is 2. The lowest BCUT2D eigenvalue weighted by molar-refractivity contribution is 0.0954. The molecule has 0 aliphatic rings. The first-order valence-electron chi connectivity index (χ1n) is 9.01. The van der Waals surface area contributed by atoms with Crippen LogP contribution in [0.1, 0.15) is 26.3 Å². The van der Waals surface area contributed by atoms with Crippen LogP contribution in [0.2, 0.25) is 0 Å². The molecule has 4 nitrogen and oxygen atoms in total. The van der Waals surface area contributed by atoms with Gasteiger partial charge in [0, 0.05) is 18.1 Å². The predicted octanol–water partition coefficient (Wildman–Crippen LogP) is 4.70. The maximum Gasteiger partial charge on any atom is 0.259 e. The first kappa shape index (κ1) is 19.8. The quantitative estimate of drug-likeness (QED) is 0.608. The van der Waals surface area contributed by atoms with E-state index >= 15 is 0 Å². The monoisotopic (exact) mass is 436 g/mol. The molecule has 0 spiro atoms. The molecule has 0 aliphatic carbocycles. The highest BCUT2D eigenvalue weighted by atomic mass is 79.9. The van der Waals surface area contributed by atoms with Crippen molar-refractivity contribution < 1.29 is 9.59 Å². The second-order valence-electron chi connectivity index (χ2n) is 6.35. The number of nitrogens with zero attached hydrogens (tertiary/aromatic N) is 1. The van der Waals surface area contributed by atoms with E-state index in [0.717, 1.165) is 16.5 Å². The molecule has 1 N–H and O–H groups in total. The number of halogens is 1. The lowest BCUT2D eigenvalue weighted by Crippen LogP contribution is -2.31. The number of para-hydroxylation sites is 1. The maximum atomic E-state index is 12.9. The molecule has 0 unspecified atom stereocenters. The highest BCUT2D eigenvalue weighted by Gasteiger charge is 2.20. The van der Waals surface area contributed by atoms with Crippen LogP contribution in [0, 0.1) is 0 Å². The van der Waals surface area contributed by atoms with E-state index in [1.807, 2.05) is 54.6 Å². The molecule has 0 atom stereocenters. The van der Waals surface area contributed by atoms with Crippen LogP contribution >= 0.6 is 15.9 Å². The normalized spacial score (nSPS) is 10.4. The molecule has 0 radical (unpaired) electrons. The second kappa shape index (κ2) is 9.33. The zero-order chi connectivity index (χ0) is 19.9. The van der Waals surface area contributed by atoms with Crippen molar-refractivity contribution >= 4 is 33.4 Å². The molecule has 0 saturated carbocycles. The number of anilines is 1. The molecule has 0 bridgehead atoms. The number of hydrogen-bond donors (Lipinski definition) is 1. The molecule has 0 saturated heterocycles. The van der Waals surface area contributed by atoms with E-state index < -0.39 is 0 Å². The number of amides is 2. The first-order valence-corrected chi connectivity index (χ1v) is 9.81. The molecule has 3 aromatic rings. The van der Waals surface area contributed by atoms with Crippen molar-refractivity contribution in [3.8, 4) is 0 Å². The molecule has 0 aliphatic heterocycles. The van der Waals surface area contributed by atoms with Gasteiger partial charge in [-0.1, -0.05) is 54.6 Å². The van der Waals surface area contributed by atoms with Crippen molar-refractivity contribution in [1.29, 1.82) is 0 Å². The maximum absolute atomic E-state index is 12.9. The van der Waals surface area contributed by atoms with Crippen LogP contribution in [0.4, 0.5) is 5.69 Å². The van der Waals surface area contributed by atoms with Crippen LogP contribution in [0.3, 0.4) is 0 Å². The lowest BCUT2D eigenvalue weighted by atomic mass is 10.1. The Kier molecular flexibility index (Phi) is 6.61. The van der Waals surface area contributed by atoms with E-state index in [9.17, 15) is 9.59 Å². The van der Waals surface area contributed by atoms with Gasteiger partial charge >= 0.3 is 0 Å². The smallest absolute Gasteiger partial charge is 0.259 e. The van der Waals surface area contributed by atoms with Crippen molar-refractivity contribution in [2.24, 2.45) is 0 Å². The third kappa shape index (κ3) is 4.67. The summed E-state index contributed by atoms with van der Waals surface area (Å²) < 4.78 is 0.719. The van der Waals surface area contributed by atoms with Crippen LogP contribution in [0.15, 0.2) is 83.3 Å². The average molecular weight is 437 g/mol. The van der Waals surface area contributed by atoms with Crippen molar-refractivity contribution in [2.75, 3.05) is 18.5 Å². The van der Waals surface area contributed by atoms with E-state index in [4.69, 9.17) is 0 Å². The summed E-state index contributed by atoms with van der Waals surface area (Å²) in [6.07, 6.45) is 0.750. The fraction of sp³-hybridized carbons (Fsp3) is 0.130. The van der Waals surface area contributed by atoms with Gasteiger partial charge in [-0.15, -0.1) is 0 Å². The molecule has 142 valence electrons. The van der Waals surface area contributed by atoms with Crippen LogP contribution in [0.5, 0.6) is 0 Å². The number of rotatable bonds is 6. The Hall–Kier alpha value is -2.92. The minimum Gasteiger partial charge on any atom is -0.352 e. The van der Waals surface area contributed by atoms with Gasteiger partial charge in [0.1, 0.15) is 0 Å². The zero-order valence-corrected chi connectivity index (χ0v) is 17.1. The van der Waals surface area contributed by atoms with E-state index in [2.05, 4.69) is 21.2 Å². The summed E-state index contributed by atoms with van der Waals surface area (Å²) in [4.78, 5) is 27.1. The largest absolute Gasteiger partial charge is 0.352 e. The standard InChI is InChI=1S/C23H21BrN2O2/c1-26(23(28)18-11-5-7-13-20(18)24)21-14-8-6-12-19(21)22(27)25-16-15-17-9-3-2-4-10-17/h2-14H,15-16H2,1H3,(H,25,27). The lowest BCUT2D eigenvalue weighted by Gasteiger charge is -2.21. The van der Waals surface area contributed by atoms with Crippen LogP contribution in [-0.4, -0.2) is 25.4 Å². The highest BCUT2D eigenvalue weighted by Crippen LogP contribution is 2.24. The Morgan fingerprint density at radius 2 is 1.46 bits per heavy atom. The van der Waals surface area contributed by atoms with Crippen LogP contribution in [-0.2, 0) is 6.42 Å². The van der Waals surface area contributed by atoms with Crippen molar-refractivity contribution in [2.45, 2.75) is 6.42 Å². The van der Waals surface area contributed by atoms with E-state index in [1.165, 1.54) is 4.90 Å². The zero-order valence-electron chi connectivity index (χ0n) is 15.6. The third-order valence-electron chi connectivity index (χ3n) is 4.46. The summed E-state index contributed by atoms with van der Waals surface area (Å²) in [5, 5.41) is 2.95. The van der Waals surface area contributed by atoms with Gasteiger partial charge in [0.05, 0.1) is 16.8 Å². The highest BCUT2D eigenvalue weighted by molar-refractivity contribution is 9.10. The number of carbonyl (C=O) groups excluding carboxylic acids is 2. The van der Waals surface area contributed by atoms with Crippen molar-refractivity contribution in [3.05, 3.63) is 100 Å². The fourth-order valence-corrected chi connectivity index (χ4v) is 3.40. The summed E-state index contributed by atoms with van der Waals surface area (Å²) in [6.45, 7) is 0.527. The summed E-state index contributed by atoms with van der Waals surface area (Å²) in [7, 11) is 1.68. The summed E-state index contributed by atoms with van der Waals surface area (Å²) in [5.41, 5.74) is 2.75.